The first-order valence-corrected chi connectivity index (χ1v) is 8.42. The predicted molar refractivity (Wildman–Crippen MR) is 96.9 cm³/mol. The van der Waals surface area contributed by atoms with Crippen LogP contribution in [0.1, 0.15) is 36.0 Å². The van der Waals surface area contributed by atoms with Gasteiger partial charge >= 0.3 is 0 Å². The van der Waals surface area contributed by atoms with Crippen molar-refractivity contribution in [3.05, 3.63) is 83.9 Å². The van der Waals surface area contributed by atoms with Gasteiger partial charge in [-0.1, -0.05) is 61.5 Å². The molecular weight excluding hydrogens is 312 g/mol. The van der Waals surface area contributed by atoms with Gasteiger partial charge in [0.05, 0.1) is 6.54 Å². The summed E-state index contributed by atoms with van der Waals surface area (Å²) >= 11 is 0. The minimum absolute atomic E-state index is 0.0723. The first kappa shape index (κ1) is 16.9. The normalized spacial score (nSPS) is 11.9. The molecule has 2 aromatic carbocycles. The van der Waals surface area contributed by atoms with E-state index in [1.165, 1.54) is 11.9 Å². The van der Waals surface area contributed by atoms with Crippen LogP contribution in [0.3, 0.4) is 0 Å². The van der Waals surface area contributed by atoms with Crippen LogP contribution in [0.15, 0.2) is 67.3 Å². The summed E-state index contributed by atoms with van der Waals surface area (Å²) in [6.45, 7) is 3.32. The topological polar surface area (TPSA) is 59.8 Å². The van der Waals surface area contributed by atoms with E-state index in [2.05, 4.69) is 46.6 Å². The molecule has 0 bridgehead atoms. The van der Waals surface area contributed by atoms with Gasteiger partial charge in [0.1, 0.15) is 12.7 Å². The van der Waals surface area contributed by atoms with Crippen LogP contribution in [-0.4, -0.2) is 20.7 Å². The Hall–Kier alpha value is -2.95. The van der Waals surface area contributed by atoms with E-state index < -0.39 is 0 Å². The fourth-order valence-electron chi connectivity index (χ4n) is 2.71. The zero-order valence-electron chi connectivity index (χ0n) is 14.3. The summed E-state index contributed by atoms with van der Waals surface area (Å²) in [6, 6.07) is 18.3. The van der Waals surface area contributed by atoms with E-state index in [1.807, 2.05) is 30.3 Å². The van der Waals surface area contributed by atoms with Crippen molar-refractivity contribution in [2.45, 2.75) is 32.4 Å². The lowest BCUT2D eigenvalue weighted by Crippen LogP contribution is -2.24. The number of nitrogens with zero attached hydrogens (tertiary/aromatic N) is 3. The molecule has 3 aromatic rings. The molecule has 0 saturated heterocycles. The fourth-order valence-corrected chi connectivity index (χ4v) is 2.71. The Morgan fingerprint density at radius 1 is 1.08 bits per heavy atom. The molecule has 0 aliphatic heterocycles. The standard InChI is InChI=1S/C20H22N4O/c1-16(19-5-3-2-4-6-19)11-20(25)22-12-17-7-9-18(10-8-17)13-24-15-21-14-23-24/h2-10,14-16H,11-13H2,1H3,(H,22,25). The van der Waals surface area contributed by atoms with E-state index in [-0.39, 0.29) is 11.8 Å². The van der Waals surface area contributed by atoms with Gasteiger partial charge in [-0.15, -0.1) is 0 Å². The molecule has 0 spiro atoms. The summed E-state index contributed by atoms with van der Waals surface area (Å²) in [4.78, 5) is 16.1. The van der Waals surface area contributed by atoms with E-state index in [1.54, 1.807) is 11.0 Å². The molecule has 1 amide bonds. The molecule has 1 aromatic heterocycles. The van der Waals surface area contributed by atoms with E-state index in [0.717, 1.165) is 11.1 Å². The fraction of sp³-hybridized carbons (Fsp3) is 0.250. The predicted octanol–water partition coefficient (Wildman–Crippen LogP) is 3.14. The van der Waals surface area contributed by atoms with Crippen LogP contribution in [0, 0.1) is 0 Å². The lowest BCUT2D eigenvalue weighted by atomic mass is 9.97. The molecule has 128 valence electrons. The van der Waals surface area contributed by atoms with Crippen LogP contribution in [0.2, 0.25) is 0 Å². The quantitative estimate of drug-likeness (QED) is 0.722. The molecular formula is C20H22N4O. The maximum Gasteiger partial charge on any atom is 0.220 e. The van der Waals surface area contributed by atoms with Gasteiger partial charge in [-0.3, -0.25) is 4.79 Å². The molecule has 1 unspecified atom stereocenters. The number of rotatable bonds is 7. The van der Waals surface area contributed by atoms with Crippen LogP contribution >= 0.6 is 0 Å². The SMILES string of the molecule is CC(CC(=O)NCc1ccc(Cn2cncn2)cc1)c1ccccc1. The summed E-state index contributed by atoms with van der Waals surface area (Å²) in [6.07, 6.45) is 3.72. The number of carbonyl (C=O) groups excluding carboxylic acids is 1. The van der Waals surface area contributed by atoms with Gasteiger partial charge in [0, 0.05) is 13.0 Å². The van der Waals surface area contributed by atoms with Gasteiger partial charge in [-0.2, -0.15) is 5.10 Å². The highest BCUT2D eigenvalue weighted by atomic mass is 16.1. The Labute approximate surface area is 147 Å². The Kier molecular flexibility index (Phi) is 5.57. The second-order valence-electron chi connectivity index (χ2n) is 6.20. The number of nitrogens with one attached hydrogen (secondary N) is 1. The lowest BCUT2D eigenvalue weighted by Gasteiger charge is -2.12. The summed E-state index contributed by atoms with van der Waals surface area (Å²) in [5.74, 6) is 0.286. The van der Waals surface area contributed by atoms with Crippen molar-refractivity contribution in [3.8, 4) is 0 Å². The minimum Gasteiger partial charge on any atom is -0.352 e. The van der Waals surface area contributed by atoms with Crippen molar-refractivity contribution in [1.29, 1.82) is 0 Å². The first-order valence-electron chi connectivity index (χ1n) is 8.42. The average Bonchev–Trinajstić information content (AvgIpc) is 3.15. The van der Waals surface area contributed by atoms with E-state index in [4.69, 9.17) is 0 Å². The molecule has 1 atom stereocenters. The van der Waals surface area contributed by atoms with Gasteiger partial charge in [-0.25, -0.2) is 9.67 Å². The summed E-state index contributed by atoms with van der Waals surface area (Å²) in [7, 11) is 0. The maximum absolute atomic E-state index is 12.1. The summed E-state index contributed by atoms with van der Waals surface area (Å²) in [5, 5.41) is 7.09. The lowest BCUT2D eigenvalue weighted by molar-refractivity contribution is -0.121. The molecule has 5 nitrogen and oxygen atoms in total. The number of hydrogen-bond donors (Lipinski definition) is 1. The van der Waals surface area contributed by atoms with Crippen molar-refractivity contribution in [3.63, 3.8) is 0 Å². The molecule has 0 aliphatic carbocycles. The van der Waals surface area contributed by atoms with Crippen molar-refractivity contribution < 1.29 is 4.79 Å². The van der Waals surface area contributed by atoms with Gasteiger partial charge < -0.3 is 5.32 Å². The molecule has 0 radical (unpaired) electrons. The average molecular weight is 334 g/mol. The number of amides is 1. The smallest absolute Gasteiger partial charge is 0.220 e. The monoisotopic (exact) mass is 334 g/mol. The number of carbonyl (C=O) groups is 1. The molecule has 0 aliphatic rings. The third-order valence-corrected chi connectivity index (χ3v) is 4.18. The third kappa shape index (κ3) is 5.01. The molecule has 0 saturated carbocycles. The highest BCUT2D eigenvalue weighted by molar-refractivity contribution is 5.76. The molecule has 1 N–H and O–H groups in total. The minimum atomic E-state index is 0.0723. The number of aromatic nitrogens is 3. The van der Waals surface area contributed by atoms with E-state index in [0.29, 0.717) is 19.5 Å². The largest absolute Gasteiger partial charge is 0.352 e. The van der Waals surface area contributed by atoms with Gasteiger partial charge in [0.15, 0.2) is 0 Å². The van der Waals surface area contributed by atoms with Crippen LogP contribution < -0.4 is 5.32 Å². The molecule has 5 heteroatoms. The molecule has 3 rings (SSSR count). The van der Waals surface area contributed by atoms with Crippen molar-refractivity contribution in [2.75, 3.05) is 0 Å². The second-order valence-corrected chi connectivity index (χ2v) is 6.20. The Morgan fingerprint density at radius 3 is 2.48 bits per heavy atom. The molecule has 25 heavy (non-hydrogen) atoms. The number of benzene rings is 2. The van der Waals surface area contributed by atoms with Gasteiger partial charge in [0.25, 0.3) is 0 Å². The highest BCUT2D eigenvalue weighted by Crippen LogP contribution is 2.18. The molecule has 1 heterocycles. The maximum atomic E-state index is 12.1. The van der Waals surface area contributed by atoms with E-state index in [9.17, 15) is 4.79 Å². The van der Waals surface area contributed by atoms with Crippen LogP contribution in [0.25, 0.3) is 0 Å². The van der Waals surface area contributed by atoms with Gasteiger partial charge in [-0.05, 0) is 22.6 Å². The Morgan fingerprint density at radius 2 is 1.80 bits per heavy atom. The Bertz CT molecular complexity index is 782. The summed E-state index contributed by atoms with van der Waals surface area (Å²) < 4.78 is 1.78. The second kappa shape index (κ2) is 8.24. The van der Waals surface area contributed by atoms with Crippen molar-refractivity contribution in [1.82, 2.24) is 20.1 Å². The number of hydrogen-bond acceptors (Lipinski definition) is 3. The molecule has 0 fully saturated rings. The van der Waals surface area contributed by atoms with Crippen molar-refractivity contribution in [2.24, 2.45) is 0 Å². The zero-order valence-corrected chi connectivity index (χ0v) is 14.3. The van der Waals surface area contributed by atoms with Crippen LogP contribution in [-0.2, 0) is 17.9 Å². The zero-order chi connectivity index (χ0) is 17.5. The third-order valence-electron chi connectivity index (χ3n) is 4.18. The first-order chi connectivity index (χ1) is 12.2. The van der Waals surface area contributed by atoms with Crippen molar-refractivity contribution >= 4 is 5.91 Å². The van der Waals surface area contributed by atoms with E-state index >= 15 is 0 Å². The van der Waals surface area contributed by atoms with Crippen LogP contribution in [0.4, 0.5) is 0 Å². The summed E-state index contributed by atoms with van der Waals surface area (Å²) in [5.41, 5.74) is 3.43. The van der Waals surface area contributed by atoms with Gasteiger partial charge in [0.2, 0.25) is 5.91 Å². The van der Waals surface area contributed by atoms with Crippen LogP contribution in [0.5, 0.6) is 0 Å². The highest BCUT2D eigenvalue weighted by Gasteiger charge is 2.10. The Balaban J connectivity index is 1.47.